The zero-order chi connectivity index (χ0) is 21.9. The van der Waals surface area contributed by atoms with Crippen LogP contribution in [-0.4, -0.2) is 29.6 Å². The summed E-state index contributed by atoms with van der Waals surface area (Å²) in [6.45, 7) is 5.86. The smallest absolute Gasteiger partial charge is 0.262 e. The number of benzene rings is 2. The maximum Gasteiger partial charge on any atom is 0.262 e. The zero-order valence-corrected chi connectivity index (χ0v) is 17.8. The van der Waals surface area contributed by atoms with E-state index in [0.717, 1.165) is 17.3 Å². The Morgan fingerprint density at radius 2 is 1.97 bits per heavy atom. The van der Waals surface area contributed by atoms with Crippen LogP contribution in [0.25, 0.3) is 10.9 Å². The molecule has 1 heterocycles. The molecule has 0 unspecified atom stereocenters. The molecule has 0 fully saturated rings. The van der Waals surface area contributed by atoms with Gasteiger partial charge in [-0.25, -0.2) is 18.5 Å². The predicted octanol–water partition coefficient (Wildman–Crippen LogP) is 2.27. The van der Waals surface area contributed by atoms with Gasteiger partial charge in [-0.05, 0) is 43.3 Å². The van der Waals surface area contributed by atoms with Gasteiger partial charge in [-0.2, -0.15) is 0 Å². The normalized spacial score (nSPS) is 11.4. The predicted molar refractivity (Wildman–Crippen MR) is 118 cm³/mol. The Hall–Kier alpha value is -2.95. The van der Waals surface area contributed by atoms with Gasteiger partial charge < -0.3 is 5.32 Å². The second-order valence-electron chi connectivity index (χ2n) is 6.53. The molecular weight excluding hydrogens is 424 g/mol. The lowest BCUT2D eigenvalue weighted by Crippen LogP contribution is -2.24. The number of nitrogens with two attached hydrogens (primary N) is 1. The van der Waals surface area contributed by atoms with Crippen molar-refractivity contribution in [3.63, 3.8) is 0 Å². The highest BCUT2D eigenvalue weighted by atomic mass is 32.2. The van der Waals surface area contributed by atoms with Crippen molar-refractivity contribution in [3.8, 4) is 0 Å². The molecule has 0 aliphatic carbocycles. The highest BCUT2D eigenvalue weighted by Crippen LogP contribution is 2.20. The molecule has 8 nitrogen and oxygen atoms in total. The maximum absolute atomic E-state index is 12.8. The minimum atomic E-state index is -3.79. The van der Waals surface area contributed by atoms with Crippen molar-refractivity contribution >= 4 is 44.3 Å². The van der Waals surface area contributed by atoms with Crippen LogP contribution < -0.4 is 16.0 Å². The Kier molecular flexibility index (Phi) is 6.40. The van der Waals surface area contributed by atoms with Crippen LogP contribution in [0.15, 0.2) is 70.0 Å². The number of hydrogen-bond acceptors (Lipinski definition) is 6. The van der Waals surface area contributed by atoms with Crippen LogP contribution in [0.5, 0.6) is 0 Å². The fraction of sp³-hybridized carbons (Fsp3) is 0.150. The molecule has 3 rings (SSSR count). The van der Waals surface area contributed by atoms with E-state index in [0.29, 0.717) is 21.7 Å². The van der Waals surface area contributed by atoms with Crippen LogP contribution in [-0.2, 0) is 21.4 Å². The van der Waals surface area contributed by atoms with E-state index in [9.17, 15) is 18.0 Å². The molecule has 10 heteroatoms. The molecule has 0 saturated carbocycles. The van der Waals surface area contributed by atoms with Crippen molar-refractivity contribution in [3.05, 3.63) is 71.0 Å². The van der Waals surface area contributed by atoms with E-state index in [1.165, 1.54) is 28.8 Å². The van der Waals surface area contributed by atoms with Crippen LogP contribution in [0.4, 0.5) is 5.69 Å². The fourth-order valence-electron chi connectivity index (χ4n) is 2.77. The topological polar surface area (TPSA) is 124 Å². The van der Waals surface area contributed by atoms with Crippen molar-refractivity contribution in [1.82, 2.24) is 9.55 Å². The number of fused-ring (bicyclic) bond motifs is 1. The van der Waals surface area contributed by atoms with E-state index in [1.54, 1.807) is 18.2 Å². The Morgan fingerprint density at radius 3 is 2.60 bits per heavy atom. The first kappa shape index (κ1) is 21.8. The van der Waals surface area contributed by atoms with Gasteiger partial charge in [0.05, 0.1) is 21.6 Å². The van der Waals surface area contributed by atoms with Gasteiger partial charge in [0.1, 0.15) is 0 Å². The highest BCUT2D eigenvalue weighted by molar-refractivity contribution is 7.99. The van der Waals surface area contributed by atoms with Gasteiger partial charge in [-0.15, -0.1) is 6.58 Å². The third-order valence-electron chi connectivity index (χ3n) is 4.19. The molecule has 0 atom stereocenters. The van der Waals surface area contributed by atoms with E-state index in [2.05, 4.69) is 16.9 Å². The fourth-order valence-corrected chi connectivity index (χ4v) is 4.09. The number of allylic oxidation sites excluding steroid dienone is 1. The average molecular weight is 445 g/mol. The number of amides is 1. The summed E-state index contributed by atoms with van der Waals surface area (Å²) in [5, 5.41) is 8.66. The lowest BCUT2D eigenvalue weighted by molar-refractivity contribution is -0.113. The number of hydrogen-bond donors (Lipinski definition) is 2. The summed E-state index contributed by atoms with van der Waals surface area (Å²) in [4.78, 5) is 29.7. The molecule has 0 aliphatic heterocycles. The average Bonchev–Trinajstić information content (AvgIpc) is 2.69. The molecule has 156 valence electrons. The van der Waals surface area contributed by atoms with E-state index in [-0.39, 0.29) is 28.7 Å². The summed E-state index contributed by atoms with van der Waals surface area (Å²) >= 11 is 1.13. The van der Waals surface area contributed by atoms with E-state index >= 15 is 0 Å². The number of aryl methyl sites for hydroxylation is 1. The summed E-state index contributed by atoms with van der Waals surface area (Å²) in [6, 6.07) is 11.0. The number of carbonyl (C=O) groups excluding carboxylic acids is 1. The SMILES string of the molecule is C=CCn1c(SCC(=O)Nc2ccc(S(N)(=O)=O)cc2)nc2ccc(C)cc2c1=O. The molecule has 0 saturated heterocycles. The molecule has 3 aromatic rings. The minimum absolute atomic E-state index is 0.0118. The summed E-state index contributed by atoms with van der Waals surface area (Å²) in [7, 11) is -3.79. The van der Waals surface area contributed by atoms with Crippen LogP contribution in [0.1, 0.15) is 5.56 Å². The molecule has 30 heavy (non-hydrogen) atoms. The summed E-state index contributed by atoms with van der Waals surface area (Å²) in [5.41, 5.74) is 1.76. The first-order valence-corrected chi connectivity index (χ1v) is 11.4. The summed E-state index contributed by atoms with van der Waals surface area (Å²) < 4.78 is 24.1. The van der Waals surface area contributed by atoms with Crippen molar-refractivity contribution in [2.75, 3.05) is 11.1 Å². The summed E-state index contributed by atoms with van der Waals surface area (Å²) in [5.74, 6) is -0.315. The highest BCUT2D eigenvalue weighted by Gasteiger charge is 2.13. The number of thioether (sulfide) groups is 1. The van der Waals surface area contributed by atoms with Crippen LogP contribution in [0.2, 0.25) is 0 Å². The molecule has 0 aliphatic rings. The Morgan fingerprint density at radius 1 is 1.27 bits per heavy atom. The first-order chi connectivity index (χ1) is 14.2. The van der Waals surface area contributed by atoms with Crippen LogP contribution in [0, 0.1) is 6.92 Å². The van der Waals surface area contributed by atoms with Gasteiger partial charge in [-0.3, -0.25) is 14.2 Å². The first-order valence-electron chi connectivity index (χ1n) is 8.86. The second kappa shape index (κ2) is 8.82. The zero-order valence-electron chi connectivity index (χ0n) is 16.2. The van der Waals surface area contributed by atoms with Gasteiger partial charge in [0.15, 0.2) is 5.16 Å². The third kappa shape index (κ3) is 4.96. The van der Waals surface area contributed by atoms with Gasteiger partial charge in [0.25, 0.3) is 5.56 Å². The van der Waals surface area contributed by atoms with Crippen molar-refractivity contribution in [2.45, 2.75) is 23.5 Å². The number of aromatic nitrogens is 2. The van der Waals surface area contributed by atoms with E-state index < -0.39 is 10.0 Å². The molecule has 1 aromatic heterocycles. The number of primary sulfonamides is 1. The minimum Gasteiger partial charge on any atom is -0.325 e. The molecule has 0 spiro atoms. The van der Waals surface area contributed by atoms with Crippen molar-refractivity contribution in [1.29, 1.82) is 0 Å². The molecule has 1 amide bonds. The second-order valence-corrected chi connectivity index (χ2v) is 9.03. The van der Waals surface area contributed by atoms with E-state index in [4.69, 9.17) is 5.14 Å². The molecule has 0 bridgehead atoms. The van der Waals surface area contributed by atoms with Gasteiger partial charge in [-0.1, -0.05) is 29.5 Å². The number of anilines is 1. The van der Waals surface area contributed by atoms with Gasteiger partial charge in [0, 0.05) is 12.2 Å². The van der Waals surface area contributed by atoms with Crippen molar-refractivity contribution < 1.29 is 13.2 Å². The largest absolute Gasteiger partial charge is 0.325 e. The Balaban J connectivity index is 1.78. The number of sulfonamides is 1. The Labute approximate surface area is 177 Å². The van der Waals surface area contributed by atoms with Crippen LogP contribution in [0.3, 0.4) is 0 Å². The monoisotopic (exact) mass is 444 g/mol. The molecule has 2 aromatic carbocycles. The van der Waals surface area contributed by atoms with Gasteiger partial charge >= 0.3 is 0 Å². The lowest BCUT2D eigenvalue weighted by atomic mass is 10.2. The quantitative estimate of drug-likeness (QED) is 0.327. The van der Waals surface area contributed by atoms with Gasteiger partial charge in [0.2, 0.25) is 15.9 Å². The lowest BCUT2D eigenvalue weighted by Gasteiger charge is -2.12. The third-order valence-corrected chi connectivity index (χ3v) is 6.09. The molecular formula is C20H20N4O4S2. The van der Waals surface area contributed by atoms with E-state index in [1.807, 2.05) is 13.0 Å². The molecule has 0 radical (unpaired) electrons. The number of nitrogens with one attached hydrogen (secondary N) is 1. The number of nitrogens with zero attached hydrogens (tertiary/aromatic N) is 2. The molecule has 3 N–H and O–H groups in total. The Bertz CT molecular complexity index is 1280. The number of rotatable bonds is 7. The number of carbonyl (C=O) groups is 1. The summed E-state index contributed by atoms with van der Waals surface area (Å²) in [6.07, 6.45) is 1.60. The van der Waals surface area contributed by atoms with Crippen LogP contribution >= 0.6 is 11.8 Å². The van der Waals surface area contributed by atoms with Crippen molar-refractivity contribution in [2.24, 2.45) is 5.14 Å². The standard InChI is InChI=1S/C20H20N4O4S2/c1-3-10-24-19(26)16-11-13(2)4-9-17(16)23-20(24)29-12-18(25)22-14-5-7-15(8-6-14)30(21,27)28/h3-9,11H,1,10,12H2,2H3,(H,22,25)(H2,21,27,28). The maximum atomic E-state index is 12.8.